The van der Waals surface area contributed by atoms with E-state index >= 15 is 0 Å². The van der Waals surface area contributed by atoms with E-state index in [1.165, 1.54) is 12.0 Å². The smallest absolute Gasteiger partial charge is 0.328 e. The first-order valence-electron chi connectivity index (χ1n) is 10.2. The highest BCUT2D eigenvalue weighted by Gasteiger charge is 2.54. The molecule has 2 aromatic rings. The molecule has 2 aliphatic heterocycles. The van der Waals surface area contributed by atoms with E-state index in [1.54, 1.807) is 53.4 Å². The van der Waals surface area contributed by atoms with E-state index < -0.39 is 23.6 Å². The number of hydrogen-bond donors (Lipinski definition) is 1. The number of ether oxygens (including phenoxy) is 2. The van der Waals surface area contributed by atoms with E-state index in [2.05, 4.69) is 0 Å². The lowest BCUT2D eigenvalue weighted by Crippen LogP contribution is -2.58. The molecule has 0 saturated carbocycles. The van der Waals surface area contributed by atoms with E-state index in [0.717, 1.165) is 0 Å². The van der Waals surface area contributed by atoms with Crippen LogP contribution in [0.4, 0.5) is 0 Å². The number of benzene rings is 2. The van der Waals surface area contributed by atoms with Gasteiger partial charge in [0, 0.05) is 31.5 Å². The second kappa shape index (κ2) is 8.80. The average Bonchev–Trinajstić information content (AvgIpc) is 3.18. The molecule has 168 valence electrons. The van der Waals surface area contributed by atoms with E-state index in [1.807, 2.05) is 0 Å². The highest BCUT2D eigenvalue weighted by atomic mass is 35.5. The van der Waals surface area contributed by atoms with Crippen LogP contribution >= 0.6 is 11.6 Å². The Morgan fingerprint density at radius 1 is 1.06 bits per heavy atom. The van der Waals surface area contributed by atoms with E-state index in [9.17, 15) is 19.5 Å². The molecule has 2 fully saturated rings. The largest absolute Gasteiger partial charge is 0.497 e. The Hall–Kier alpha value is -3.10. The molecule has 2 amide bonds. The van der Waals surface area contributed by atoms with Gasteiger partial charge < -0.3 is 19.5 Å². The Kier molecular flexibility index (Phi) is 6.08. The molecule has 1 atom stereocenters. The first kappa shape index (κ1) is 22.1. The number of piperidine rings is 1. The van der Waals surface area contributed by atoms with Gasteiger partial charge in [0.2, 0.25) is 0 Å². The fourth-order valence-electron chi connectivity index (χ4n) is 4.29. The normalized spacial score (nSPS) is 19.8. The summed E-state index contributed by atoms with van der Waals surface area (Å²) in [6.07, 6.45) is 0.601. The number of amides is 2. The van der Waals surface area contributed by atoms with Crippen LogP contribution in [0.5, 0.6) is 5.75 Å². The van der Waals surface area contributed by atoms with Crippen molar-refractivity contribution in [1.29, 1.82) is 0 Å². The van der Waals surface area contributed by atoms with Crippen LogP contribution < -0.4 is 4.74 Å². The van der Waals surface area contributed by atoms with Gasteiger partial charge >= 0.3 is 5.97 Å². The highest BCUT2D eigenvalue weighted by Crippen LogP contribution is 2.39. The lowest BCUT2D eigenvalue weighted by Gasteiger charge is -2.44. The van der Waals surface area contributed by atoms with Crippen LogP contribution in [0.3, 0.4) is 0 Å². The number of halogens is 1. The van der Waals surface area contributed by atoms with Crippen molar-refractivity contribution in [2.24, 2.45) is 0 Å². The van der Waals surface area contributed by atoms with Crippen molar-refractivity contribution in [2.75, 3.05) is 26.8 Å². The van der Waals surface area contributed by atoms with Gasteiger partial charge in [0.1, 0.15) is 11.5 Å². The van der Waals surface area contributed by atoms with Gasteiger partial charge in [0.25, 0.3) is 11.8 Å². The highest BCUT2D eigenvalue weighted by molar-refractivity contribution is 6.33. The number of carboxylic acids is 1. The first-order chi connectivity index (χ1) is 15.4. The zero-order chi connectivity index (χ0) is 22.9. The predicted molar refractivity (Wildman–Crippen MR) is 116 cm³/mol. The predicted octanol–water partition coefficient (Wildman–Crippen LogP) is 2.91. The van der Waals surface area contributed by atoms with Gasteiger partial charge in [0.05, 0.1) is 24.3 Å². The second-order valence-corrected chi connectivity index (χ2v) is 8.19. The van der Waals surface area contributed by atoms with Crippen LogP contribution in [-0.4, -0.2) is 71.3 Å². The summed E-state index contributed by atoms with van der Waals surface area (Å²) in [6.45, 7) is 0.515. The summed E-state index contributed by atoms with van der Waals surface area (Å²) in [5.74, 6) is -1.16. The molecule has 2 aromatic carbocycles. The van der Waals surface area contributed by atoms with Gasteiger partial charge in [-0.3, -0.25) is 14.5 Å². The zero-order valence-electron chi connectivity index (χ0n) is 17.5. The Morgan fingerprint density at radius 3 is 2.31 bits per heavy atom. The SMILES string of the molecule is COc1ccc(C(=O)N2C(C(=O)O)COC23CCN(C(=O)c2ccccc2Cl)CC3)cc1. The average molecular weight is 459 g/mol. The molecule has 2 saturated heterocycles. The van der Waals surface area contributed by atoms with Crippen LogP contribution in [0.25, 0.3) is 0 Å². The molecule has 0 bridgehead atoms. The number of methoxy groups -OCH3 is 1. The number of carbonyl (C=O) groups is 3. The van der Waals surface area contributed by atoms with Crippen LogP contribution in [0.1, 0.15) is 33.6 Å². The third-order valence-electron chi connectivity index (χ3n) is 6.04. The van der Waals surface area contributed by atoms with Crippen molar-refractivity contribution in [2.45, 2.75) is 24.6 Å². The van der Waals surface area contributed by atoms with Crippen LogP contribution in [0, 0.1) is 0 Å². The summed E-state index contributed by atoms with van der Waals surface area (Å²) >= 11 is 6.17. The molecule has 1 N–H and O–H groups in total. The van der Waals surface area contributed by atoms with Gasteiger partial charge in [-0.05, 0) is 36.4 Å². The van der Waals surface area contributed by atoms with E-state index in [-0.39, 0.29) is 12.5 Å². The summed E-state index contributed by atoms with van der Waals surface area (Å²) in [7, 11) is 1.53. The summed E-state index contributed by atoms with van der Waals surface area (Å²) in [4.78, 5) is 41.1. The molecule has 9 heteroatoms. The Bertz CT molecular complexity index is 1030. The van der Waals surface area contributed by atoms with Gasteiger partial charge in [-0.15, -0.1) is 0 Å². The fraction of sp³-hybridized carbons (Fsp3) is 0.348. The monoisotopic (exact) mass is 458 g/mol. The van der Waals surface area contributed by atoms with Crippen molar-refractivity contribution in [1.82, 2.24) is 9.80 Å². The van der Waals surface area contributed by atoms with Crippen LogP contribution in [0.2, 0.25) is 5.02 Å². The number of rotatable bonds is 4. The molecular formula is C23H23ClN2O6. The molecule has 8 nitrogen and oxygen atoms in total. The molecule has 4 rings (SSSR count). The number of likely N-dealkylation sites (tertiary alicyclic amines) is 1. The third-order valence-corrected chi connectivity index (χ3v) is 6.37. The topological polar surface area (TPSA) is 96.4 Å². The Labute approximate surface area is 190 Å². The lowest BCUT2D eigenvalue weighted by atomic mass is 9.96. The zero-order valence-corrected chi connectivity index (χ0v) is 18.2. The minimum Gasteiger partial charge on any atom is -0.497 e. The quantitative estimate of drug-likeness (QED) is 0.756. The standard InChI is InChI=1S/C23H23ClN2O6/c1-31-16-8-6-15(7-9-16)20(27)26-19(22(29)30)14-32-23(26)10-12-25(13-11-23)21(28)17-4-2-3-5-18(17)24/h2-9,19H,10-14H2,1H3,(H,29,30). The van der Waals surface area contributed by atoms with E-state index in [4.69, 9.17) is 21.1 Å². The summed E-state index contributed by atoms with van der Waals surface area (Å²) in [5.41, 5.74) is -0.333. The van der Waals surface area contributed by atoms with Crippen molar-refractivity contribution < 1.29 is 29.0 Å². The minimum atomic E-state index is -1.13. The number of carboxylic acid groups (broad SMARTS) is 1. The van der Waals surface area contributed by atoms with Gasteiger partial charge in [-0.25, -0.2) is 4.79 Å². The molecule has 32 heavy (non-hydrogen) atoms. The van der Waals surface area contributed by atoms with Gasteiger partial charge in [0.15, 0.2) is 6.04 Å². The van der Waals surface area contributed by atoms with Gasteiger partial charge in [-0.2, -0.15) is 0 Å². The summed E-state index contributed by atoms with van der Waals surface area (Å²) < 4.78 is 11.1. The summed E-state index contributed by atoms with van der Waals surface area (Å²) in [5, 5.41) is 10.1. The Balaban J connectivity index is 1.56. The van der Waals surface area contributed by atoms with E-state index in [0.29, 0.717) is 47.8 Å². The maximum atomic E-state index is 13.4. The molecule has 0 aromatic heterocycles. The van der Waals surface area contributed by atoms with Crippen LogP contribution in [-0.2, 0) is 9.53 Å². The molecule has 2 aliphatic rings. The summed E-state index contributed by atoms with van der Waals surface area (Å²) in [6, 6.07) is 12.2. The second-order valence-electron chi connectivity index (χ2n) is 7.79. The minimum absolute atomic E-state index is 0.102. The van der Waals surface area contributed by atoms with Crippen LogP contribution in [0.15, 0.2) is 48.5 Å². The maximum Gasteiger partial charge on any atom is 0.328 e. The molecule has 1 spiro atoms. The maximum absolute atomic E-state index is 13.4. The first-order valence-corrected chi connectivity index (χ1v) is 10.6. The number of carbonyl (C=O) groups excluding carboxylic acids is 2. The van der Waals surface area contributed by atoms with Crippen molar-refractivity contribution >= 4 is 29.4 Å². The molecule has 0 aliphatic carbocycles. The van der Waals surface area contributed by atoms with Crippen molar-refractivity contribution in [3.63, 3.8) is 0 Å². The van der Waals surface area contributed by atoms with Crippen molar-refractivity contribution in [3.05, 3.63) is 64.7 Å². The molecule has 2 heterocycles. The van der Waals surface area contributed by atoms with Crippen molar-refractivity contribution in [3.8, 4) is 5.75 Å². The fourth-order valence-corrected chi connectivity index (χ4v) is 4.51. The number of nitrogens with zero attached hydrogens (tertiary/aromatic N) is 2. The number of hydrogen-bond acceptors (Lipinski definition) is 5. The number of aliphatic carboxylic acids is 1. The third kappa shape index (κ3) is 3.91. The molecule has 1 unspecified atom stereocenters. The lowest BCUT2D eigenvalue weighted by molar-refractivity contribution is -0.143. The molecular weight excluding hydrogens is 436 g/mol. The Morgan fingerprint density at radius 2 is 1.72 bits per heavy atom. The van der Waals surface area contributed by atoms with Gasteiger partial charge in [-0.1, -0.05) is 23.7 Å². The molecule has 0 radical (unpaired) electrons.